The fraction of sp³-hybridized carbons (Fsp3) is 0.800. The fourth-order valence-corrected chi connectivity index (χ4v) is 3.18. The van der Waals surface area contributed by atoms with E-state index in [0.717, 1.165) is 44.1 Å². The molecule has 0 saturated heterocycles. The van der Waals surface area contributed by atoms with Gasteiger partial charge in [0.1, 0.15) is 58.2 Å². The molecule has 0 spiro atoms. The van der Waals surface area contributed by atoms with Gasteiger partial charge in [0, 0.05) is 71.5 Å². The molecule has 0 rings (SSSR count). The van der Waals surface area contributed by atoms with Crippen LogP contribution in [0, 0.1) is 0 Å². The van der Waals surface area contributed by atoms with Gasteiger partial charge in [0.15, 0.2) is 0 Å². The molecule has 0 aliphatic rings. The van der Waals surface area contributed by atoms with Crippen molar-refractivity contribution < 1.29 is 111 Å². The third-order valence-electron chi connectivity index (χ3n) is 6.70. The Bertz CT molecular complexity index is 1210. The second kappa shape index (κ2) is 34.9. The monoisotopic (exact) mass is 921 g/mol. The second-order valence-corrected chi connectivity index (χ2v) is 18.4. The number of hydrogen-bond donors (Lipinski definition) is 3. The maximum absolute atomic E-state index is 10.3. The predicted octanol–water partition coefficient (Wildman–Crippen LogP) is -5.97. The Morgan fingerprint density at radius 3 is 0.778 bits per heavy atom. The van der Waals surface area contributed by atoms with Crippen LogP contribution in [0.1, 0.15) is 60.3 Å². The number of likely N-dealkylation sites (N-methyl/N-ethyl adjacent to an activating group) is 4. The molecule has 374 valence electrons. The summed E-state index contributed by atoms with van der Waals surface area (Å²) >= 11 is 0. The van der Waals surface area contributed by atoms with E-state index in [1.165, 1.54) is 34.6 Å². The molecule has 0 radical (unpaired) electrons. The van der Waals surface area contributed by atoms with Gasteiger partial charge < -0.3 is 91.8 Å². The van der Waals surface area contributed by atoms with Crippen LogP contribution >= 0.6 is 0 Å². The number of ether oxygens (including phenoxy) is 4. The van der Waals surface area contributed by atoms with E-state index in [0.29, 0.717) is 26.4 Å². The van der Waals surface area contributed by atoms with Gasteiger partial charge in [-0.2, -0.15) is 0 Å². The van der Waals surface area contributed by atoms with Gasteiger partial charge in [-0.25, -0.2) is 0 Å². The number of esters is 4. The Morgan fingerprint density at radius 2 is 0.651 bits per heavy atom. The zero-order chi connectivity index (χ0) is 51.6. The Balaban J connectivity index is -0.000000155. The summed E-state index contributed by atoms with van der Waals surface area (Å²) in [5.41, 5.74) is -4.31. The Labute approximate surface area is 373 Å². The number of quaternary nitrogens is 4. The Kier molecular flexibility index (Phi) is 38.9. The third-order valence-corrected chi connectivity index (χ3v) is 6.70. The summed E-state index contributed by atoms with van der Waals surface area (Å²) in [7, 11) is 24.7. The molecule has 0 aliphatic carbocycles. The highest BCUT2D eigenvalue weighted by Gasteiger charge is 2.29. The van der Waals surface area contributed by atoms with Crippen molar-refractivity contribution in [3.8, 4) is 0 Å². The van der Waals surface area contributed by atoms with Crippen LogP contribution in [-0.2, 0) is 57.3 Å². The second-order valence-electron chi connectivity index (χ2n) is 18.4. The van der Waals surface area contributed by atoms with Gasteiger partial charge in [0.25, 0.3) is 0 Å². The average molecular weight is 921 g/mol. The van der Waals surface area contributed by atoms with Crippen LogP contribution in [0.25, 0.3) is 0 Å². The van der Waals surface area contributed by atoms with Crippen molar-refractivity contribution in [2.24, 2.45) is 0 Å². The van der Waals surface area contributed by atoms with Crippen LogP contribution in [-0.4, -0.2) is 236 Å². The number of carboxylic acids is 4. The van der Waals surface area contributed by atoms with Gasteiger partial charge in [0.05, 0.1) is 96.1 Å². The molecular formula is C40H80N4O19. The topological polar surface area (TPSA) is 326 Å². The summed E-state index contributed by atoms with van der Waals surface area (Å²) in [5, 5.41) is 66.3. The number of aliphatic hydroxyl groups excluding tert-OH is 1. The molecule has 0 fully saturated rings. The largest absolute Gasteiger partial charge is 0.550 e. The van der Waals surface area contributed by atoms with E-state index in [1.54, 1.807) is 0 Å². The van der Waals surface area contributed by atoms with Crippen molar-refractivity contribution in [3.05, 3.63) is 0 Å². The van der Waals surface area contributed by atoms with Crippen LogP contribution in [0.3, 0.4) is 0 Å². The summed E-state index contributed by atoms with van der Waals surface area (Å²) in [4.78, 5) is 81.1. The molecule has 0 heterocycles. The molecule has 23 heteroatoms. The molecule has 0 aromatic rings. The van der Waals surface area contributed by atoms with Crippen molar-refractivity contribution >= 4 is 47.8 Å². The summed E-state index contributed by atoms with van der Waals surface area (Å²) in [5.74, 6) is -8.09. The first-order valence-corrected chi connectivity index (χ1v) is 19.5. The van der Waals surface area contributed by atoms with E-state index in [1.807, 2.05) is 0 Å². The predicted molar refractivity (Wildman–Crippen MR) is 219 cm³/mol. The minimum atomic E-state index is -2.97. The number of rotatable bonds is 21. The number of aliphatic carboxylic acids is 4. The van der Waals surface area contributed by atoms with Gasteiger partial charge in [-0.05, 0) is 13.3 Å². The summed E-state index contributed by atoms with van der Waals surface area (Å²) in [6.45, 7) is 12.3. The molecule has 0 unspecified atom stereocenters. The summed E-state index contributed by atoms with van der Waals surface area (Å²) in [6, 6.07) is 0. The van der Waals surface area contributed by atoms with E-state index in [9.17, 15) is 58.8 Å². The van der Waals surface area contributed by atoms with Crippen LogP contribution in [0.2, 0.25) is 0 Å². The lowest BCUT2D eigenvalue weighted by molar-refractivity contribution is -0.870. The molecule has 0 aromatic heterocycles. The highest BCUT2D eigenvalue weighted by molar-refractivity contribution is 5.86. The summed E-state index contributed by atoms with van der Waals surface area (Å²) in [6.07, 6.45) is -3.10. The van der Waals surface area contributed by atoms with Gasteiger partial charge in [-0.15, -0.1) is 0 Å². The van der Waals surface area contributed by atoms with Gasteiger partial charge in [-0.1, -0.05) is 0 Å². The van der Waals surface area contributed by atoms with E-state index >= 15 is 0 Å². The average Bonchev–Trinajstić information content (AvgIpc) is 2.98. The Hall–Kier alpha value is -4.52. The van der Waals surface area contributed by atoms with E-state index in [2.05, 4.69) is 84.6 Å². The van der Waals surface area contributed by atoms with Crippen LogP contribution in [0.4, 0.5) is 0 Å². The molecule has 0 amide bonds. The maximum atomic E-state index is 10.3. The molecule has 0 bridgehead atoms. The van der Waals surface area contributed by atoms with Crippen LogP contribution in [0.5, 0.6) is 0 Å². The summed E-state index contributed by atoms with van der Waals surface area (Å²) < 4.78 is 22.4. The van der Waals surface area contributed by atoms with Crippen molar-refractivity contribution in [3.63, 3.8) is 0 Å². The van der Waals surface area contributed by atoms with Crippen molar-refractivity contribution in [2.45, 2.75) is 71.5 Å². The molecule has 3 N–H and O–H groups in total. The van der Waals surface area contributed by atoms with E-state index in [4.69, 9.17) is 34.3 Å². The first-order valence-electron chi connectivity index (χ1n) is 19.5. The lowest BCUT2D eigenvalue weighted by atomic mass is 9.96. The van der Waals surface area contributed by atoms with E-state index < -0.39 is 54.3 Å². The van der Waals surface area contributed by atoms with Crippen molar-refractivity contribution in [1.82, 2.24) is 0 Å². The quantitative estimate of drug-likeness (QED) is 0.0548. The fourth-order valence-electron chi connectivity index (χ4n) is 3.18. The Morgan fingerprint density at radius 1 is 0.444 bits per heavy atom. The molecule has 63 heavy (non-hydrogen) atoms. The molecular weight excluding hydrogens is 840 g/mol. The van der Waals surface area contributed by atoms with Gasteiger partial charge >= 0.3 is 23.9 Å². The number of nitrogens with zero attached hydrogens (tertiary/aromatic N) is 4. The zero-order valence-electron chi connectivity index (χ0n) is 40.9. The number of aliphatic hydroxyl groups is 3. The first-order chi connectivity index (χ1) is 27.9. The highest BCUT2D eigenvalue weighted by Crippen LogP contribution is 2.13. The molecule has 23 nitrogen and oxygen atoms in total. The third kappa shape index (κ3) is 75.3. The maximum Gasteiger partial charge on any atom is 0.302 e. The van der Waals surface area contributed by atoms with Crippen molar-refractivity contribution in [1.29, 1.82) is 0 Å². The van der Waals surface area contributed by atoms with Gasteiger partial charge in [0.2, 0.25) is 0 Å². The molecule has 0 aliphatic heterocycles. The van der Waals surface area contributed by atoms with Gasteiger partial charge in [-0.3, -0.25) is 19.2 Å². The molecule has 0 saturated carbocycles. The standard InChI is InChI=1S/4C7H16NO2.C6H8O7.C6H12O4/c4*1-7(9)10-6-5-8(2,3)4;7-3(8)1-6(13,5(11)12)2-4(9)10;1-6(10,2-3-7)4-5(8)9/h4*5-6H2,1-4H3;13H,1-2H2,(H,7,8)(H,9,10)(H,11,12);7,10H,2-4H2,1H3,(H,8,9)/q4*+1;;/p-4/t;;;;;6-/m.....1/s1. The first kappa shape index (κ1) is 70.2. The SMILES string of the molecule is CC(=O)OCC[N+](C)(C)C.CC(=O)OCC[N+](C)(C)C.CC(=O)OCC[N+](C)(C)C.CC(=O)OCC[N+](C)(C)C.C[C@@](O)(CCO)CC(=O)[O-].O=C([O-])CC(O)(CC(=O)[O-])C(=O)[O-]. The number of hydrogen-bond acceptors (Lipinski definition) is 19. The van der Waals surface area contributed by atoms with Crippen LogP contribution < -0.4 is 20.4 Å². The molecule has 1 atom stereocenters. The number of carbonyl (C=O) groups is 8. The van der Waals surface area contributed by atoms with E-state index in [-0.39, 0.29) is 36.9 Å². The van der Waals surface area contributed by atoms with Crippen LogP contribution in [0.15, 0.2) is 0 Å². The number of carboxylic acid groups (broad SMARTS) is 4. The normalized spacial score (nSPS) is 11.9. The number of carbonyl (C=O) groups excluding carboxylic acids is 8. The van der Waals surface area contributed by atoms with Crippen molar-refractivity contribution in [2.75, 3.05) is 144 Å². The lowest BCUT2D eigenvalue weighted by Gasteiger charge is -2.29. The lowest BCUT2D eigenvalue weighted by Crippen LogP contribution is -2.54. The zero-order valence-corrected chi connectivity index (χ0v) is 40.9. The highest BCUT2D eigenvalue weighted by atomic mass is 16.5. The molecule has 0 aromatic carbocycles. The minimum absolute atomic E-state index is 0.0565. The minimum Gasteiger partial charge on any atom is -0.550 e. The smallest absolute Gasteiger partial charge is 0.302 e.